The summed E-state index contributed by atoms with van der Waals surface area (Å²) in [7, 11) is 0. The van der Waals surface area contributed by atoms with E-state index in [1.807, 2.05) is 5.43 Å². The molecule has 2 N–H and O–H groups in total. The number of hydrogen-bond donors (Lipinski definition) is 2. The number of benzene rings is 1. The van der Waals surface area contributed by atoms with Gasteiger partial charge in [0.25, 0.3) is 5.69 Å². The molecular weight excluding hydrogens is 460 g/mol. The van der Waals surface area contributed by atoms with E-state index in [2.05, 4.69) is 10.4 Å². The first-order valence-corrected chi connectivity index (χ1v) is 10.9. The third-order valence-electron chi connectivity index (χ3n) is 4.64. The van der Waals surface area contributed by atoms with Crippen molar-refractivity contribution in [1.82, 2.24) is 5.43 Å². The molecule has 0 fully saturated rings. The van der Waals surface area contributed by atoms with Crippen molar-refractivity contribution in [3.8, 4) is 0 Å². The van der Waals surface area contributed by atoms with Crippen LogP contribution in [0.4, 0.5) is 10.7 Å². The highest BCUT2D eigenvalue weighted by Crippen LogP contribution is 2.38. The SMILES string of the molecule is CCOC(=O)c1c(NC(=O)C(=O)N/N=C\c2cc([N+](=O)[O-])ccc2Cl)sc2c1CCCC2. The second-order valence-electron chi connectivity index (χ2n) is 6.75. The molecule has 1 aliphatic carbocycles. The molecule has 0 aliphatic heterocycles. The lowest BCUT2D eigenvalue weighted by Gasteiger charge is -2.12. The molecule has 1 aliphatic rings. The van der Waals surface area contributed by atoms with E-state index in [0.717, 1.165) is 35.9 Å². The number of hydrogen-bond acceptors (Lipinski definition) is 8. The molecule has 0 bridgehead atoms. The Morgan fingerprint density at radius 3 is 2.75 bits per heavy atom. The Labute approximate surface area is 191 Å². The van der Waals surface area contributed by atoms with Crippen molar-refractivity contribution >= 4 is 57.6 Å². The van der Waals surface area contributed by atoms with Crippen molar-refractivity contribution in [2.45, 2.75) is 32.6 Å². The van der Waals surface area contributed by atoms with Crippen LogP contribution in [0.3, 0.4) is 0 Å². The Kier molecular flexibility index (Phi) is 7.54. The Hall–Kier alpha value is -3.31. The summed E-state index contributed by atoms with van der Waals surface area (Å²) in [6.45, 7) is 1.88. The Balaban J connectivity index is 1.71. The molecule has 1 aromatic heterocycles. The second kappa shape index (κ2) is 10.3. The van der Waals surface area contributed by atoms with Crippen LogP contribution in [-0.4, -0.2) is 35.5 Å². The number of non-ortho nitro benzene ring substituents is 1. The van der Waals surface area contributed by atoms with Gasteiger partial charge >= 0.3 is 17.8 Å². The Morgan fingerprint density at radius 2 is 2.03 bits per heavy atom. The minimum atomic E-state index is -1.08. The van der Waals surface area contributed by atoms with E-state index in [1.165, 1.54) is 29.5 Å². The van der Waals surface area contributed by atoms with Gasteiger partial charge in [-0.2, -0.15) is 5.10 Å². The third-order valence-corrected chi connectivity index (χ3v) is 6.20. The molecule has 0 spiro atoms. The molecule has 168 valence electrons. The number of nitro benzene ring substituents is 1. The zero-order valence-corrected chi connectivity index (χ0v) is 18.5. The third kappa shape index (κ3) is 5.29. The quantitative estimate of drug-likeness (QED) is 0.214. The number of ether oxygens (including phenoxy) is 1. The minimum absolute atomic E-state index is 0.182. The van der Waals surface area contributed by atoms with Gasteiger partial charge in [-0.1, -0.05) is 11.6 Å². The number of halogens is 1. The second-order valence-corrected chi connectivity index (χ2v) is 8.26. The predicted octanol–water partition coefficient (Wildman–Crippen LogP) is 3.45. The number of hydrazone groups is 1. The highest BCUT2D eigenvalue weighted by molar-refractivity contribution is 7.17. The number of aryl methyl sites for hydroxylation is 1. The van der Waals surface area contributed by atoms with Crippen LogP contribution in [0.25, 0.3) is 0 Å². The molecule has 12 heteroatoms. The summed E-state index contributed by atoms with van der Waals surface area (Å²) >= 11 is 7.22. The largest absolute Gasteiger partial charge is 0.462 e. The number of fused-ring (bicyclic) bond motifs is 1. The fourth-order valence-electron chi connectivity index (χ4n) is 3.19. The highest BCUT2D eigenvalue weighted by atomic mass is 35.5. The number of carbonyl (C=O) groups excluding carboxylic acids is 3. The number of nitrogens with one attached hydrogen (secondary N) is 2. The first-order chi connectivity index (χ1) is 15.3. The number of rotatable bonds is 6. The molecule has 1 heterocycles. The summed E-state index contributed by atoms with van der Waals surface area (Å²) in [5.41, 5.74) is 3.18. The van der Waals surface area contributed by atoms with Gasteiger partial charge in [0.1, 0.15) is 5.00 Å². The smallest absolute Gasteiger partial charge is 0.341 e. The van der Waals surface area contributed by atoms with E-state index >= 15 is 0 Å². The van der Waals surface area contributed by atoms with E-state index in [9.17, 15) is 24.5 Å². The van der Waals surface area contributed by atoms with Crippen LogP contribution in [0, 0.1) is 10.1 Å². The maximum absolute atomic E-state index is 12.4. The van der Waals surface area contributed by atoms with Gasteiger partial charge in [0.2, 0.25) is 0 Å². The summed E-state index contributed by atoms with van der Waals surface area (Å²) in [5.74, 6) is -2.64. The number of carbonyl (C=O) groups is 3. The zero-order chi connectivity index (χ0) is 23.3. The molecule has 1 aromatic carbocycles. The molecule has 0 saturated carbocycles. The average Bonchev–Trinajstić information content (AvgIpc) is 3.12. The van der Waals surface area contributed by atoms with Crippen molar-refractivity contribution < 1.29 is 24.0 Å². The summed E-state index contributed by atoms with van der Waals surface area (Å²) in [6.07, 6.45) is 4.50. The maximum Gasteiger partial charge on any atom is 0.341 e. The number of nitro groups is 1. The Bertz CT molecular complexity index is 1110. The van der Waals surface area contributed by atoms with Crippen LogP contribution in [0.1, 0.15) is 46.1 Å². The fraction of sp³-hybridized carbons (Fsp3) is 0.300. The van der Waals surface area contributed by atoms with Crippen molar-refractivity contribution in [1.29, 1.82) is 0 Å². The molecule has 2 amide bonds. The van der Waals surface area contributed by atoms with Crippen LogP contribution < -0.4 is 10.7 Å². The number of nitrogens with zero attached hydrogens (tertiary/aromatic N) is 2. The number of anilines is 1. The van der Waals surface area contributed by atoms with Crippen LogP contribution >= 0.6 is 22.9 Å². The zero-order valence-electron chi connectivity index (χ0n) is 17.0. The van der Waals surface area contributed by atoms with Crippen LogP contribution in [-0.2, 0) is 27.2 Å². The van der Waals surface area contributed by atoms with Crippen molar-refractivity contribution in [2.75, 3.05) is 11.9 Å². The summed E-state index contributed by atoms with van der Waals surface area (Å²) in [6, 6.07) is 3.73. The standard InChI is InChI=1S/C20H19ClN4O6S/c1-2-31-20(28)16-13-5-3-4-6-15(13)32-19(16)23-17(26)18(27)24-22-10-11-9-12(25(29)30)7-8-14(11)21/h7-10H,2-6H2,1H3,(H,23,26)(H,24,27)/b22-10-. The topological polar surface area (TPSA) is 140 Å². The lowest BCUT2D eigenvalue weighted by atomic mass is 9.95. The molecular formula is C20H19ClN4O6S. The van der Waals surface area contributed by atoms with Gasteiger partial charge in [-0.25, -0.2) is 10.2 Å². The summed E-state index contributed by atoms with van der Waals surface area (Å²) in [4.78, 5) is 48.2. The van der Waals surface area contributed by atoms with Gasteiger partial charge in [0, 0.05) is 27.6 Å². The van der Waals surface area contributed by atoms with E-state index in [1.54, 1.807) is 6.92 Å². The monoisotopic (exact) mass is 478 g/mol. The van der Waals surface area contributed by atoms with Crippen molar-refractivity contribution in [3.05, 3.63) is 54.9 Å². The van der Waals surface area contributed by atoms with Gasteiger partial charge in [0.05, 0.1) is 23.3 Å². The minimum Gasteiger partial charge on any atom is -0.462 e. The predicted molar refractivity (Wildman–Crippen MR) is 119 cm³/mol. The summed E-state index contributed by atoms with van der Waals surface area (Å²) < 4.78 is 5.12. The number of esters is 1. The van der Waals surface area contributed by atoms with Crippen LogP contribution in [0.5, 0.6) is 0 Å². The van der Waals surface area contributed by atoms with Gasteiger partial charge in [-0.15, -0.1) is 11.3 Å². The fourth-order valence-corrected chi connectivity index (χ4v) is 4.63. The first kappa shape index (κ1) is 23.4. The molecule has 2 aromatic rings. The lowest BCUT2D eigenvalue weighted by molar-refractivity contribution is -0.384. The van der Waals surface area contributed by atoms with Gasteiger partial charge < -0.3 is 10.1 Å². The Morgan fingerprint density at radius 1 is 1.28 bits per heavy atom. The maximum atomic E-state index is 12.4. The van der Waals surface area contributed by atoms with E-state index in [0.29, 0.717) is 12.0 Å². The lowest BCUT2D eigenvalue weighted by Crippen LogP contribution is -2.32. The molecule has 0 radical (unpaired) electrons. The van der Waals surface area contributed by atoms with Crippen molar-refractivity contribution in [3.63, 3.8) is 0 Å². The van der Waals surface area contributed by atoms with Crippen molar-refractivity contribution in [2.24, 2.45) is 5.10 Å². The molecule has 0 saturated heterocycles. The molecule has 3 rings (SSSR count). The average molecular weight is 479 g/mol. The van der Waals surface area contributed by atoms with Gasteiger partial charge in [0.15, 0.2) is 0 Å². The highest BCUT2D eigenvalue weighted by Gasteiger charge is 2.28. The normalized spacial score (nSPS) is 12.8. The molecule has 0 unspecified atom stereocenters. The van der Waals surface area contributed by atoms with Gasteiger partial charge in [-0.05, 0) is 44.2 Å². The first-order valence-electron chi connectivity index (χ1n) is 9.71. The van der Waals surface area contributed by atoms with E-state index in [4.69, 9.17) is 16.3 Å². The molecule has 10 nitrogen and oxygen atoms in total. The molecule has 32 heavy (non-hydrogen) atoms. The van der Waals surface area contributed by atoms with Crippen LogP contribution in [0.2, 0.25) is 5.02 Å². The van der Waals surface area contributed by atoms with Gasteiger partial charge in [-0.3, -0.25) is 19.7 Å². The number of thiophene rings is 1. The number of amides is 2. The van der Waals surface area contributed by atoms with Crippen LogP contribution in [0.15, 0.2) is 23.3 Å². The summed E-state index contributed by atoms with van der Waals surface area (Å²) in [5, 5.41) is 17.4. The van der Waals surface area contributed by atoms with E-state index in [-0.39, 0.29) is 27.9 Å². The van der Waals surface area contributed by atoms with E-state index < -0.39 is 22.7 Å². The molecule has 0 atom stereocenters.